The molecule has 0 fully saturated rings. The molecular weight excluding hydrogens is 320 g/mol. The number of rotatable bonds is 16. The van der Waals surface area contributed by atoms with E-state index in [-0.39, 0.29) is 0 Å². The highest BCUT2D eigenvalue weighted by molar-refractivity contribution is 8.51. The van der Waals surface area contributed by atoms with E-state index in [0.717, 1.165) is 0 Å². The quantitative estimate of drug-likeness (QED) is 0.240. The van der Waals surface area contributed by atoms with Crippen LogP contribution in [0.5, 0.6) is 0 Å². The van der Waals surface area contributed by atoms with Gasteiger partial charge in [-0.2, -0.15) is 9.24 Å². The van der Waals surface area contributed by atoms with Gasteiger partial charge in [0.15, 0.2) is 0 Å². The minimum atomic E-state index is -0.962. The molecule has 0 aromatic heterocycles. The molecule has 2 heteroatoms. The van der Waals surface area contributed by atoms with E-state index in [2.05, 4.69) is 34.0 Å². The smallest absolute Gasteiger partial charge is 0.00144 e. The molecule has 0 nitrogen and oxygen atoms in total. The first-order chi connectivity index (χ1) is 11.0. The van der Waals surface area contributed by atoms with Gasteiger partial charge < -0.3 is 0 Å². The van der Waals surface area contributed by atoms with Crippen molar-refractivity contribution in [3.05, 3.63) is 0 Å². The fourth-order valence-corrected chi connectivity index (χ4v) is 5.86. The Morgan fingerprint density at radius 2 is 0.913 bits per heavy atom. The molecule has 2 atom stereocenters. The summed E-state index contributed by atoms with van der Waals surface area (Å²) in [5.74, 6) is 0. The molecule has 0 aliphatic rings. The summed E-state index contributed by atoms with van der Waals surface area (Å²) in [6.07, 6.45) is 21.8. The van der Waals surface area contributed by atoms with Gasteiger partial charge in [0.25, 0.3) is 0 Å². The van der Waals surface area contributed by atoms with Crippen molar-refractivity contribution < 1.29 is 0 Å². The molecule has 0 bridgehead atoms. The molecule has 0 spiro atoms. The Kier molecular flexibility index (Phi) is 15.4. The Bertz CT molecular complexity index is 228. The van der Waals surface area contributed by atoms with Crippen LogP contribution in [0.1, 0.15) is 118 Å². The second kappa shape index (κ2) is 14.9. The first-order valence-electron chi connectivity index (χ1n) is 10.4. The second-order valence-corrected chi connectivity index (χ2v) is 13.2. The van der Waals surface area contributed by atoms with Crippen LogP contribution in [0.4, 0.5) is 0 Å². The van der Waals surface area contributed by atoms with Gasteiger partial charge in [-0.05, 0) is 29.6 Å². The minimum absolute atomic E-state index is 0.713. The predicted molar refractivity (Wildman–Crippen MR) is 114 cm³/mol. The lowest BCUT2D eigenvalue weighted by Crippen LogP contribution is -2.20. The fourth-order valence-electron chi connectivity index (χ4n) is 3.28. The lowest BCUT2D eigenvalue weighted by Gasteiger charge is -2.41. The van der Waals surface area contributed by atoms with Gasteiger partial charge in [0, 0.05) is 0 Å². The molecule has 0 saturated carbocycles. The van der Waals surface area contributed by atoms with Crippen molar-refractivity contribution in [2.45, 2.75) is 128 Å². The van der Waals surface area contributed by atoms with Crippen LogP contribution < -0.4 is 0 Å². The largest absolute Gasteiger partial charge is 0.161 e. The summed E-state index contributed by atoms with van der Waals surface area (Å²) in [7, 11) is 6.08. The summed E-state index contributed by atoms with van der Waals surface area (Å²) >= 11 is 0. The van der Waals surface area contributed by atoms with Crippen molar-refractivity contribution in [2.24, 2.45) is 0 Å². The first-order valence-corrected chi connectivity index (χ1v) is 13.4. The third-order valence-electron chi connectivity index (χ3n) is 5.50. The van der Waals surface area contributed by atoms with E-state index < -0.39 is 9.24 Å². The molecule has 23 heavy (non-hydrogen) atoms. The molecule has 0 saturated heterocycles. The average Bonchev–Trinajstić information content (AvgIpc) is 2.53. The van der Waals surface area contributed by atoms with E-state index in [0.29, 0.717) is 10.5 Å². The molecule has 0 amide bonds. The fraction of sp³-hybridized carbons (Fsp3) is 1.00. The van der Waals surface area contributed by atoms with Crippen LogP contribution in [-0.4, -0.2) is 16.8 Å². The Hall–Kier alpha value is 0.640. The highest BCUT2D eigenvalue weighted by Crippen LogP contribution is 2.60. The normalized spacial score (nSPS) is 18.3. The average molecular weight is 365 g/mol. The highest BCUT2D eigenvalue weighted by atomic mass is 35.7. The van der Waals surface area contributed by atoms with Crippen LogP contribution in [0.15, 0.2) is 0 Å². The molecule has 0 heterocycles. The van der Waals surface area contributed by atoms with Crippen molar-refractivity contribution in [3.63, 3.8) is 0 Å². The monoisotopic (exact) mass is 364 g/mol. The van der Waals surface area contributed by atoms with Crippen molar-refractivity contribution >= 4 is 19.9 Å². The van der Waals surface area contributed by atoms with Crippen LogP contribution in [0, 0.1) is 0 Å². The summed E-state index contributed by atoms with van der Waals surface area (Å²) in [5.41, 5.74) is 0. The third-order valence-corrected chi connectivity index (χ3v) is 10.9. The van der Waals surface area contributed by atoms with E-state index in [1.165, 1.54) is 89.9 Å². The number of hydrogen-bond donors (Lipinski definition) is 0. The zero-order chi connectivity index (χ0) is 17.6. The number of unbranched alkanes of at least 4 members (excludes halogenated alkanes) is 10. The lowest BCUT2D eigenvalue weighted by atomic mass is 10.1. The van der Waals surface area contributed by atoms with E-state index in [9.17, 15) is 0 Å². The molecule has 0 radical (unpaired) electrons. The zero-order valence-corrected chi connectivity index (χ0v) is 18.4. The maximum absolute atomic E-state index is 7.05. The first kappa shape index (κ1) is 23.6. The Morgan fingerprint density at radius 1 is 0.609 bits per heavy atom. The molecule has 0 aliphatic heterocycles. The van der Waals surface area contributed by atoms with Gasteiger partial charge >= 0.3 is 0 Å². The minimum Gasteiger partial charge on any atom is -0.161 e. The summed E-state index contributed by atoms with van der Waals surface area (Å²) < 4.78 is 0. The van der Waals surface area contributed by atoms with Crippen LogP contribution in [-0.2, 0) is 0 Å². The molecule has 0 N–H and O–H groups in total. The van der Waals surface area contributed by atoms with Crippen molar-refractivity contribution in [1.82, 2.24) is 0 Å². The van der Waals surface area contributed by atoms with Gasteiger partial charge in [0.2, 0.25) is 0 Å². The second-order valence-electron chi connectivity index (χ2n) is 7.67. The zero-order valence-electron chi connectivity index (χ0n) is 16.8. The Morgan fingerprint density at radius 3 is 1.26 bits per heavy atom. The van der Waals surface area contributed by atoms with Gasteiger partial charge in [0.05, 0.1) is 0 Å². The molecule has 142 valence electrons. The molecule has 0 aromatic carbocycles. The molecular formula is C21H45ClS. The topological polar surface area (TPSA) is 0 Å². The Balaban J connectivity index is 3.83. The van der Waals surface area contributed by atoms with Gasteiger partial charge in [0.1, 0.15) is 0 Å². The van der Waals surface area contributed by atoms with Crippen LogP contribution in [0.25, 0.3) is 0 Å². The maximum atomic E-state index is 7.05. The highest BCUT2D eigenvalue weighted by Gasteiger charge is 2.28. The molecule has 0 aromatic rings. The van der Waals surface area contributed by atoms with Gasteiger partial charge in [-0.25, -0.2) is 0 Å². The van der Waals surface area contributed by atoms with Gasteiger partial charge in [-0.15, -0.1) is 0 Å². The maximum Gasteiger partial charge on any atom is -0.00144 e. The van der Waals surface area contributed by atoms with Crippen molar-refractivity contribution in [1.29, 1.82) is 0 Å². The van der Waals surface area contributed by atoms with E-state index in [1.54, 1.807) is 0 Å². The standard InChI is InChI=1S/C21H45ClS/c1-6-8-10-12-14-16-18-20(3)23(5,22)21(4)19-17-15-13-11-9-7-2/h20-21H,6-19H2,1-5H3. The number of halogens is 1. The van der Waals surface area contributed by atoms with Gasteiger partial charge in [-0.1, -0.05) is 115 Å². The Labute approximate surface area is 154 Å². The van der Waals surface area contributed by atoms with Crippen molar-refractivity contribution in [3.8, 4) is 0 Å². The van der Waals surface area contributed by atoms with E-state index in [4.69, 9.17) is 10.7 Å². The van der Waals surface area contributed by atoms with Crippen LogP contribution in [0.2, 0.25) is 0 Å². The van der Waals surface area contributed by atoms with E-state index >= 15 is 0 Å². The van der Waals surface area contributed by atoms with Crippen LogP contribution in [0.3, 0.4) is 0 Å². The molecule has 0 aliphatic carbocycles. The summed E-state index contributed by atoms with van der Waals surface area (Å²) in [6.45, 7) is 9.39. The van der Waals surface area contributed by atoms with Crippen LogP contribution >= 0.6 is 19.9 Å². The number of hydrogen-bond acceptors (Lipinski definition) is 0. The summed E-state index contributed by atoms with van der Waals surface area (Å²) in [4.78, 5) is 0. The van der Waals surface area contributed by atoms with E-state index in [1.807, 2.05) is 0 Å². The molecule has 2 unspecified atom stereocenters. The van der Waals surface area contributed by atoms with Gasteiger partial charge in [-0.3, -0.25) is 0 Å². The SMILES string of the molecule is CCCCCCCCC(C)S(C)(Cl)C(C)CCCCCCCC. The van der Waals surface area contributed by atoms with Crippen molar-refractivity contribution in [2.75, 3.05) is 6.26 Å². The summed E-state index contributed by atoms with van der Waals surface area (Å²) in [5, 5.41) is 1.43. The summed E-state index contributed by atoms with van der Waals surface area (Å²) in [6, 6.07) is 0. The molecule has 0 rings (SSSR count). The lowest BCUT2D eigenvalue weighted by molar-refractivity contribution is 0.580. The third kappa shape index (κ3) is 11.8. The predicted octanol–water partition coefficient (Wildman–Crippen LogP) is 8.85.